The zero-order valence-corrected chi connectivity index (χ0v) is 16.8. The maximum Gasteiger partial charge on any atom is 0.289 e. The molecule has 0 aliphatic rings. The maximum absolute atomic E-state index is 12.4. The third-order valence-electron chi connectivity index (χ3n) is 4.58. The Labute approximate surface area is 177 Å². The molecule has 0 saturated heterocycles. The van der Waals surface area contributed by atoms with Crippen molar-refractivity contribution >= 4 is 51.0 Å². The van der Waals surface area contributed by atoms with Gasteiger partial charge in [-0.05, 0) is 36.4 Å². The number of hydrogen-bond donors (Lipinski definition) is 3. The predicted molar refractivity (Wildman–Crippen MR) is 118 cm³/mol. The van der Waals surface area contributed by atoms with E-state index in [-0.39, 0.29) is 16.6 Å². The Morgan fingerprint density at radius 1 is 0.933 bits per heavy atom. The second-order valence-electron chi connectivity index (χ2n) is 6.46. The van der Waals surface area contributed by atoms with Gasteiger partial charge in [-0.25, -0.2) is 9.67 Å². The summed E-state index contributed by atoms with van der Waals surface area (Å²) in [6, 6.07) is 16.7. The zero-order valence-electron chi connectivity index (χ0n) is 15.2. The van der Waals surface area contributed by atoms with E-state index in [0.29, 0.717) is 21.1 Å². The Bertz CT molecular complexity index is 1520. The molecular formula is C20H13ClN6O2S. The Kier molecular flexibility index (Phi) is 4.34. The first-order chi connectivity index (χ1) is 14.5. The third kappa shape index (κ3) is 2.95. The van der Waals surface area contributed by atoms with E-state index >= 15 is 0 Å². The Hall–Kier alpha value is -3.56. The Balaban J connectivity index is 1.86. The molecule has 0 fully saturated rings. The van der Waals surface area contributed by atoms with Crippen LogP contribution in [-0.2, 0) is 0 Å². The smallest absolute Gasteiger partial charge is 0.289 e. The summed E-state index contributed by atoms with van der Waals surface area (Å²) in [6.07, 6.45) is 0. The van der Waals surface area contributed by atoms with E-state index in [0.717, 1.165) is 10.6 Å². The highest BCUT2D eigenvalue weighted by molar-refractivity contribution is 7.99. The quantitative estimate of drug-likeness (QED) is 0.398. The van der Waals surface area contributed by atoms with Crippen molar-refractivity contribution in [2.45, 2.75) is 9.92 Å². The first-order valence-electron chi connectivity index (χ1n) is 8.84. The highest BCUT2D eigenvalue weighted by Crippen LogP contribution is 2.38. The van der Waals surface area contributed by atoms with Gasteiger partial charge in [0.15, 0.2) is 5.65 Å². The molecule has 5 aromatic rings. The number of pyridine rings is 1. The number of nitrogens with one attached hydrogen (secondary N) is 2. The molecule has 0 saturated carbocycles. The number of H-pyrrole nitrogens is 2. The molecule has 4 N–H and O–H groups in total. The van der Waals surface area contributed by atoms with Gasteiger partial charge in [0.1, 0.15) is 10.5 Å². The Morgan fingerprint density at radius 3 is 2.37 bits per heavy atom. The monoisotopic (exact) mass is 436 g/mol. The predicted octanol–water partition coefficient (Wildman–Crippen LogP) is 3.34. The number of nitrogens with zero attached hydrogens (tertiary/aromatic N) is 3. The van der Waals surface area contributed by atoms with Gasteiger partial charge in [0.25, 0.3) is 11.1 Å². The minimum Gasteiger partial charge on any atom is -0.397 e. The molecule has 0 spiro atoms. The molecule has 0 aliphatic heterocycles. The molecule has 0 aliphatic carbocycles. The highest BCUT2D eigenvalue weighted by atomic mass is 35.5. The molecule has 0 radical (unpaired) electrons. The molecule has 0 amide bonds. The maximum atomic E-state index is 12.4. The molecule has 148 valence electrons. The van der Waals surface area contributed by atoms with Gasteiger partial charge in [0.05, 0.1) is 22.1 Å². The highest BCUT2D eigenvalue weighted by Gasteiger charge is 2.22. The molecule has 0 atom stereocenters. The fraction of sp³-hybridized carbons (Fsp3) is 0. The number of para-hydroxylation sites is 1. The number of hydrogen-bond acceptors (Lipinski definition) is 6. The van der Waals surface area contributed by atoms with Crippen LogP contribution in [0.4, 0.5) is 5.69 Å². The van der Waals surface area contributed by atoms with Crippen LogP contribution in [0.3, 0.4) is 0 Å². The number of rotatable bonds is 3. The van der Waals surface area contributed by atoms with Crippen LogP contribution in [0.2, 0.25) is 5.02 Å². The number of fused-ring (bicyclic) bond motifs is 2. The van der Waals surface area contributed by atoms with Crippen molar-refractivity contribution in [3.05, 3.63) is 80.3 Å². The van der Waals surface area contributed by atoms with Crippen LogP contribution in [-0.4, -0.2) is 25.0 Å². The van der Waals surface area contributed by atoms with E-state index in [9.17, 15) is 9.59 Å². The third-order valence-corrected chi connectivity index (χ3v) is 5.82. The number of nitrogens with two attached hydrogens (primary N) is 1. The first kappa shape index (κ1) is 18.5. The van der Waals surface area contributed by atoms with Gasteiger partial charge in [0.2, 0.25) is 0 Å². The number of halogens is 1. The number of benzene rings is 2. The van der Waals surface area contributed by atoms with Gasteiger partial charge in [-0.3, -0.25) is 19.8 Å². The summed E-state index contributed by atoms with van der Waals surface area (Å²) in [5.74, 6) is 0. The van der Waals surface area contributed by atoms with Crippen LogP contribution < -0.4 is 16.9 Å². The van der Waals surface area contributed by atoms with Crippen molar-refractivity contribution < 1.29 is 0 Å². The van der Waals surface area contributed by atoms with E-state index in [2.05, 4.69) is 15.2 Å². The zero-order chi connectivity index (χ0) is 20.8. The van der Waals surface area contributed by atoms with E-state index in [1.807, 2.05) is 42.5 Å². The lowest BCUT2D eigenvalue weighted by atomic mass is 10.2. The fourth-order valence-corrected chi connectivity index (χ4v) is 4.25. The van der Waals surface area contributed by atoms with Crippen molar-refractivity contribution in [1.82, 2.24) is 25.0 Å². The van der Waals surface area contributed by atoms with Crippen LogP contribution >= 0.6 is 23.4 Å². The van der Waals surface area contributed by atoms with Crippen LogP contribution in [0, 0.1) is 0 Å². The fourth-order valence-electron chi connectivity index (χ4n) is 3.21. The van der Waals surface area contributed by atoms with E-state index in [1.54, 1.807) is 16.8 Å². The average Bonchev–Trinajstić information content (AvgIpc) is 3.12. The lowest BCUT2D eigenvalue weighted by Crippen LogP contribution is -2.21. The average molecular weight is 437 g/mol. The largest absolute Gasteiger partial charge is 0.397 e. The van der Waals surface area contributed by atoms with Gasteiger partial charge in [0, 0.05) is 9.92 Å². The van der Waals surface area contributed by atoms with Crippen molar-refractivity contribution in [1.29, 1.82) is 0 Å². The molecule has 0 unspecified atom stereocenters. The van der Waals surface area contributed by atoms with E-state index in [4.69, 9.17) is 22.4 Å². The number of aromatic amines is 2. The second-order valence-corrected chi connectivity index (χ2v) is 7.96. The molecule has 3 heterocycles. The summed E-state index contributed by atoms with van der Waals surface area (Å²) in [4.78, 5) is 30.1. The molecule has 8 nitrogen and oxygen atoms in total. The van der Waals surface area contributed by atoms with Crippen molar-refractivity contribution in [3.63, 3.8) is 0 Å². The molecule has 10 heteroatoms. The SMILES string of the molecule is Nc1c2c(Sc3ccc(Cl)cc3)nn(-c3ccccc3)c2nc2c(=O)[nH][nH]c(=O)c12. The lowest BCUT2D eigenvalue weighted by Gasteiger charge is -2.05. The number of anilines is 1. The second kappa shape index (κ2) is 7.05. The summed E-state index contributed by atoms with van der Waals surface area (Å²) in [6.45, 7) is 0. The molecule has 5 rings (SSSR count). The minimum atomic E-state index is -0.536. The summed E-state index contributed by atoms with van der Waals surface area (Å²) < 4.78 is 1.62. The number of nitrogen functional groups attached to an aromatic ring is 1. The standard InChI is InChI=1S/C20H13ClN6O2S/c21-10-6-8-12(9-7-10)30-20-14-15(22)13-16(19(29)25-24-18(13)28)23-17(14)27(26-20)11-4-2-1-3-5-11/h1-9H,(H2,22,23)(H,24,28)(H,25,29). The van der Waals surface area contributed by atoms with E-state index < -0.39 is 11.1 Å². The van der Waals surface area contributed by atoms with Gasteiger partial charge in [-0.2, -0.15) is 5.10 Å². The van der Waals surface area contributed by atoms with Crippen LogP contribution in [0.15, 0.2) is 74.1 Å². The summed E-state index contributed by atoms with van der Waals surface area (Å²) in [7, 11) is 0. The normalized spacial score (nSPS) is 11.4. The van der Waals surface area contributed by atoms with Crippen LogP contribution in [0.25, 0.3) is 27.6 Å². The lowest BCUT2D eigenvalue weighted by molar-refractivity contribution is 0.852. The molecule has 2 aromatic carbocycles. The number of aromatic nitrogens is 5. The van der Waals surface area contributed by atoms with E-state index in [1.165, 1.54) is 11.8 Å². The molecule has 30 heavy (non-hydrogen) atoms. The Morgan fingerprint density at radius 2 is 1.63 bits per heavy atom. The van der Waals surface area contributed by atoms with Crippen molar-refractivity contribution in [2.75, 3.05) is 5.73 Å². The van der Waals surface area contributed by atoms with Crippen LogP contribution in [0.5, 0.6) is 0 Å². The van der Waals surface area contributed by atoms with Crippen molar-refractivity contribution in [3.8, 4) is 5.69 Å². The summed E-state index contributed by atoms with van der Waals surface area (Å²) in [5.41, 5.74) is 6.59. The van der Waals surface area contributed by atoms with Gasteiger partial charge in [-0.15, -0.1) is 0 Å². The molecular weight excluding hydrogens is 424 g/mol. The van der Waals surface area contributed by atoms with Crippen molar-refractivity contribution in [2.24, 2.45) is 0 Å². The van der Waals surface area contributed by atoms with Gasteiger partial charge >= 0.3 is 0 Å². The minimum absolute atomic E-state index is 0.0381. The molecule has 3 aromatic heterocycles. The van der Waals surface area contributed by atoms with Gasteiger partial charge in [-0.1, -0.05) is 41.6 Å². The van der Waals surface area contributed by atoms with Gasteiger partial charge < -0.3 is 5.73 Å². The van der Waals surface area contributed by atoms with Crippen LogP contribution in [0.1, 0.15) is 0 Å². The topological polar surface area (TPSA) is 122 Å². The molecule has 0 bridgehead atoms. The summed E-state index contributed by atoms with van der Waals surface area (Å²) >= 11 is 7.35. The first-order valence-corrected chi connectivity index (χ1v) is 10.0. The summed E-state index contributed by atoms with van der Waals surface area (Å²) in [5, 5.41) is 11.0.